The van der Waals surface area contributed by atoms with Gasteiger partial charge in [-0.05, 0) is 11.6 Å². The first-order chi connectivity index (χ1) is 9.80. The Balaban J connectivity index is 2.63. The minimum Gasteiger partial charge on any atom is -0.392 e. The Kier molecular flexibility index (Phi) is 2.84. The molecule has 3 aromatic carbocycles. The number of hydrogen-bond donors (Lipinski definition) is 1. The second kappa shape index (κ2) is 4.66. The van der Waals surface area contributed by atoms with E-state index in [2.05, 4.69) is 12.1 Å². The van der Waals surface area contributed by atoms with Crippen molar-refractivity contribution in [3.63, 3.8) is 0 Å². The van der Waals surface area contributed by atoms with Crippen molar-refractivity contribution >= 4 is 21.5 Å². The lowest BCUT2D eigenvalue weighted by atomic mass is 9.92. The Morgan fingerprint density at radius 1 is 0.800 bits per heavy atom. The number of hydrogen-bond acceptors (Lipinski definition) is 3. The third-order valence-corrected chi connectivity index (χ3v) is 3.49. The molecule has 0 saturated heterocycles. The number of aliphatic hydroxyl groups is 1. The molecule has 94 valence electrons. The van der Waals surface area contributed by atoms with Gasteiger partial charge in [-0.3, -0.25) is 0 Å². The maximum absolute atomic E-state index is 9.47. The summed E-state index contributed by atoms with van der Waals surface area (Å²) in [6.45, 7) is -0.0878. The summed E-state index contributed by atoms with van der Waals surface area (Å²) < 4.78 is 0. The number of fused-ring (bicyclic) bond motifs is 2. The van der Waals surface area contributed by atoms with Gasteiger partial charge in [-0.15, -0.1) is 0 Å². The summed E-state index contributed by atoms with van der Waals surface area (Å²) in [5, 5.41) is 31.2. The van der Waals surface area contributed by atoms with E-state index in [0.29, 0.717) is 16.5 Å². The maximum atomic E-state index is 9.47. The van der Waals surface area contributed by atoms with Gasteiger partial charge in [0.15, 0.2) is 0 Å². The topological polar surface area (TPSA) is 67.8 Å². The summed E-state index contributed by atoms with van der Waals surface area (Å²) in [6, 6.07) is 17.2. The quantitative estimate of drug-likeness (QED) is 0.681. The largest absolute Gasteiger partial charge is 0.392 e. The fraction of sp³-hybridized carbons (Fsp3) is 0.0588. The monoisotopic (exact) mass is 258 g/mol. The van der Waals surface area contributed by atoms with E-state index < -0.39 is 0 Å². The average molecular weight is 258 g/mol. The third-order valence-electron chi connectivity index (χ3n) is 3.49. The lowest BCUT2D eigenvalue weighted by Gasteiger charge is -2.09. The molecule has 0 aliphatic rings. The van der Waals surface area contributed by atoms with E-state index in [1.54, 1.807) is 18.2 Å². The number of aliphatic hydroxyl groups excluding tert-OH is 1. The maximum Gasteiger partial charge on any atom is 0.100 e. The molecule has 0 aliphatic heterocycles. The van der Waals surface area contributed by atoms with Crippen molar-refractivity contribution in [1.82, 2.24) is 0 Å². The Morgan fingerprint density at radius 3 is 1.90 bits per heavy atom. The molecule has 0 unspecified atom stereocenters. The first-order valence-corrected chi connectivity index (χ1v) is 6.18. The molecule has 0 amide bonds. The highest BCUT2D eigenvalue weighted by molar-refractivity contribution is 6.09. The smallest absolute Gasteiger partial charge is 0.100 e. The Hall–Kier alpha value is -2.88. The number of nitrogens with zero attached hydrogens (tertiary/aromatic N) is 2. The highest BCUT2D eigenvalue weighted by Crippen LogP contribution is 2.32. The fourth-order valence-electron chi connectivity index (χ4n) is 2.56. The molecule has 0 radical (unpaired) electrons. The van der Waals surface area contributed by atoms with Crippen molar-refractivity contribution in [3.05, 3.63) is 59.2 Å². The van der Waals surface area contributed by atoms with E-state index in [1.165, 1.54) is 0 Å². The molecule has 1 N–H and O–H groups in total. The molecule has 3 rings (SSSR count). The van der Waals surface area contributed by atoms with E-state index in [0.717, 1.165) is 21.7 Å². The molecule has 0 aromatic heterocycles. The van der Waals surface area contributed by atoms with Crippen molar-refractivity contribution in [1.29, 1.82) is 10.5 Å². The Labute approximate surface area is 115 Å². The van der Waals surface area contributed by atoms with Crippen LogP contribution in [0.2, 0.25) is 0 Å². The highest BCUT2D eigenvalue weighted by Gasteiger charge is 2.13. The van der Waals surface area contributed by atoms with Gasteiger partial charge in [-0.1, -0.05) is 36.4 Å². The van der Waals surface area contributed by atoms with Gasteiger partial charge in [0, 0.05) is 21.5 Å². The van der Waals surface area contributed by atoms with Crippen LogP contribution in [0, 0.1) is 22.7 Å². The standard InChI is InChI=1S/C17H10N2O/c18-8-16-12-3-1-2-4-13(12)17(9-19)15-7-11(10-20)5-6-14(15)16/h1-7,20H,10H2. The van der Waals surface area contributed by atoms with Crippen molar-refractivity contribution in [2.24, 2.45) is 0 Å². The van der Waals surface area contributed by atoms with E-state index >= 15 is 0 Å². The number of rotatable bonds is 1. The highest BCUT2D eigenvalue weighted by atomic mass is 16.3. The molecule has 0 saturated carbocycles. The second-order valence-corrected chi connectivity index (χ2v) is 4.56. The van der Waals surface area contributed by atoms with Gasteiger partial charge in [0.1, 0.15) is 12.1 Å². The van der Waals surface area contributed by atoms with Crippen LogP contribution in [-0.4, -0.2) is 5.11 Å². The van der Waals surface area contributed by atoms with Crippen molar-refractivity contribution in [2.75, 3.05) is 0 Å². The van der Waals surface area contributed by atoms with Crippen LogP contribution in [0.1, 0.15) is 16.7 Å². The van der Waals surface area contributed by atoms with Crippen molar-refractivity contribution < 1.29 is 5.11 Å². The minimum atomic E-state index is -0.0878. The molecule has 20 heavy (non-hydrogen) atoms. The van der Waals surface area contributed by atoms with Gasteiger partial charge < -0.3 is 5.11 Å². The molecule has 0 atom stereocenters. The van der Waals surface area contributed by atoms with Crippen LogP contribution in [0.4, 0.5) is 0 Å². The molecule has 3 aromatic rings. The van der Waals surface area contributed by atoms with Gasteiger partial charge in [-0.25, -0.2) is 0 Å². The minimum absolute atomic E-state index is 0.0878. The van der Waals surface area contributed by atoms with Crippen LogP contribution in [0.3, 0.4) is 0 Å². The molecule has 3 heteroatoms. The van der Waals surface area contributed by atoms with Gasteiger partial charge >= 0.3 is 0 Å². The predicted octanol–water partition coefficient (Wildman–Crippen LogP) is 3.23. The van der Waals surface area contributed by atoms with E-state index in [-0.39, 0.29) is 6.61 Å². The summed E-state index contributed by atoms with van der Waals surface area (Å²) in [7, 11) is 0. The van der Waals surface area contributed by atoms with Crippen LogP contribution in [0.25, 0.3) is 21.5 Å². The molecule has 0 aliphatic carbocycles. The summed E-state index contributed by atoms with van der Waals surface area (Å²) in [4.78, 5) is 0. The first-order valence-electron chi connectivity index (χ1n) is 6.18. The van der Waals surface area contributed by atoms with E-state index in [9.17, 15) is 15.6 Å². The van der Waals surface area contributed by atoms with Gasteiger partial charge in [-0.2, -0.15) is 10.5 Å². The van der Waals surface area contributed by atoms with Crippen LogP contribution < -0.4 is 0 Å². The van der Waals surface area contributed by atoms with Crippen LogP contribution >= 0.6 is 0 Å². The summed E-state index contributed by atoms with van der Waals surface area (Å²) in [5.41, 5.74) is 1.84. The zero-order valence-electron chi connectivity index (χ0n) is 10.6. The summed E-state index contributed by atoms with van der Waals surface area (Å²) >= 11 is 0. The van der Waals surface area contributed by atoms with Gasteiger partial charge in [0.05, 0.1) is 17.7 Å². The SMILES string of the molecule is N#Cc1c2ccccc2c(C#N)c2cc(CO)ccc12. The number of nitriles is 2. The summed E-state index contributed by atoms with van der Waals surface area (Å²) in [5.74, 6) is 0. The predicted molar refractivity (Wildman–Crippen MR) is 76.8 cm³/mol. The first kappa shape index (κ1) is 12.2. The zero-order chi connectivity index (χ0) is 14.1. The van der Waals surface area contributed by atoms with Crippen LogP contribution in [0.15, 0.2) is 42.5 Å². The summed E-state index contributed by atoms with van der Waals surface area (Å²) in [6.07, 6.45) is 0. The molecule has 0 bridgehead atoms. The zero-order valence-corrected chi connectivity index (χ0v) is 10.6. The third kappa shape index (κ3) is 1.62. The molecular formula is C17H10N2O. The average Bonchev–Trinajstić information content (AvgIpc) is 2.51. The molecule has 3 nitrogen and oxygen atoms in total. The van der Waals surface area contributed by atoms with Crippen LogP contribution in [-0.2, 0) is 6.61 Å². The van der Waals surface area contributed by atoms with E-state index in [1.807, 2.05) is 24.3 Å². The van der Waals surface area contributed by atoms with Gasteiger partial charge in [0.25, 0.3) is 0 Å². The molecule has 0 spiro atoms. The molecular weight excluding hydrogens is 248 g/mol. The Bertz CT molecular complexity index is 914. The van der Waals surface area contributed by atoms with Crippen LogP contribution in [0.5, 0.6) is 0 Å². The lowest BCUT2D eigenvalue weighted by molar-refractivity contribution is 0.282. The second-order valence-electron chi connectivity index (χ2n) is 4.56. The fourth-order valence-corrected chi connectivity index (χ4v) is 2.56. The lowest BCUT2D eigenvalue weighted by Crippen LogP contribution is -1.92. The normalized spacial score (nSPS) is 10.3. The molecule has 0 fully saturated rings. The van der Waals surface area contributed by atoms with Gasteiger partial charge in [0.2, 0.25) is 0 Å². The van der Waals surface area contributed by atoms with Crippen molar-refractivity contribution in [2.45, 2.75) is 6.61 Å². The Morgan fingerprint density at radius 2 is 1.35 bits per heavy atom. The van der Waals surface area contributed by atoms with Crippen molar-refractivity contribution in [3.8, 4) is 12.1 Å². The molecule has 0 heterocycles. The van der Waals surface area contributed by atoms with E-state index in [4.69, 9.17) is 0 Å². The number of benzene rings is 3.